The van der Waals surface area contributed by atoms with E-state index in [9.17, 15) is 9.59 Å². The number of hydrogen-bond acceptors (Lipinski definition) is 5. The van der Waals surface area contributed by atoms with E-state index in [1.54, 1.807) is 0 Å². The van der Waals surface area contributed by atoms with Crippen molar-refractivity contribution < 1.29 is 19.1 Å². The van der Waals surface area contributed by atoms with E-state index in [-0.39, 0.29) is 25.1 Å². The molecule has 0 fully saturated rings. The third kappa shape index (κ3) is 3.23. The summed E-state index contributed by atoms with van der Waals surface area (Å²) in [4.78, 5) is 23.8. The number of carbonyl (C=O) groups is 1. The van der Waals surface area contributed by atoms with E-state index < -0.39 is 17.7 Å². The number of aryl methyl sites for hydroxylation is 1. The van der Waals surface area contributed by atoms with Gasteiger partial charge in [-0.3, -0.25) is 9.78 Å². The molecular weight excluding hydrogens is 202 g/mol. The Morgan fingerprint density at radius 3 is 2.93 bits per heavy atom. The highest BCUT2D eigenvalue weighted by Gasteiger charge is 2.10. The molecule has 0 atom stereocenters. The van der Waals surface area contributed by atoms with Gasteiger partial charge in [-0.25, -0.2) is 4.79 Å². The SMILES string of the molecule is C#CCOC(=O)CCc1[nH]c(=O)oc1O. The maximum Gasteiger partial charge on any atom is 0.419 e. The predicted octanol–water partition coefficient (Wildman–Crippen LogP) is -0.217. The van der Waals surface area contributed by atoms with Crippen molar-refractivity contribution in [3.8, 4) is 18.3 Å². The minimum Gasteiger partial charge on any atom is -0.479 e. The molecule has 0 bridgehead atoms. The van der Waals surface area contributed by atoms with Crippen molar-refractivity contribution in [3.05, 3.63) is 16.2 Å². The molecule has 2 N–H and O–H groups in total. The molecule has 0 aliphatic carbocycles. The monoisotopic (exact) mass is 211 g/mol. The van der Waals surface area contributed by atoms with Gasteiger partial charge in [0.2, 0.25) is 0 Å². The fraction of sp³-hybridized carbons (Fsp3) is 0.333. The molecule has 0 aliphatic rings. The highest BCUT2D eigenvalue weighted by atomic mass is 16.5. The highest BCUT2D eigenvalue weighted by molar-refractivity contribution is 5.69. The lowest BCUT2D eigenvalue weighted by Crippen LogP contribution is -2.06. The van der Waals surface area contributed by atoms with E-state index >= 15 is 0 Å². The largest absolute Gasteiger partial charge is 0.479 e. The van der Waals surface area contributed by atoms with Crippen molar-refractivity contribution in [2.75, 3.05) is 6.61 Å². The van der Waals surface area contributed by atoms with Gasteiger partial charge in [0.1, 0.15) is 5.69 Å². The first-order chi connectivity index (χ1) is 7.13. The van der Waals surface area contributed by atoms with Gasteiger partial charge in [-0.15, -0.1) is 6.42 Å². The summed E-state index contributed by atoms with van der Waals surface area (Å²) in [5, 5.41) is 9.04. The van der Waals surface area contributed by atoms with Gasteiger partial charge in [0.15, 0.2) is 6.61 Å². The van der Waals surface area contributed by atoms with Gasteiger partial charge in [-0.05, 0) is 0 Å². The molecule has 0 spiro atoms. The number of H-pyrrole nitrogens is 1. The first-order valence-electron chi connectivity index (χ1n) is 4.13. The van der Waals surface area contributed by atoms with Crippen molar-refractivity contribution in [2.45, 2.75) is 12.8 Å². The third-order valence-corrected chi connectivity index (χ3v) is 1.60. The van der Waals surface area contributed by atoms with E-state index in [1.165, 1.54) is 0 Å². The maximum absolute atomic E-state index is 11.0. The lowest BCUT2D eigenvalue weighted by molar-refractivity contribution is -0.142. The first-order valence-corrected chi connectivity index (χ1v) is 4.13. The number of carbonyl (C=O) groups excluding carboxylic acids is 1. The number of aromatic amines is 1. The molecule has 0 aromatic carbocycles. The van der Waals surface area contributed by atoms with Crippen molar-refractivity contribution in [1.82, 2.24) is 4.98 Å². The zero-order valence-corrected chi connectivity index (χ0v) is 7.78. The van der Waals surface area contributed by atoms with Crippen LogP contribution >= 0.6 is 0 Å². The fourth-order valence-electron chi connectivity index (χ4n) is 0.942. The van der Waals surface area contributed by atoms with Crippen LogP contribution < -0.4 is 5.76 Å². The zero-order chi connectivity index (χ0) is 11.3. The number of hydrogen-bond donors (Lipinski definition) is 2. The van der Waals surface area contributed by atoms with Gasteiger partial charge in [0.05, 0.1) is 6.42 Å². The Balaban J connectivity index is 2.44. The van der Waals surface area contributed by atoms with E-state index in [0.29, 0.717) is 0 Å². The molecule has 0 unspecified atom stereocenters. The molecule has 0 radical (unpaired) electrons. The molecule has 0 saturated carbocycles. The van der Waals surface area contributed by atoms with Crippen LogP contribution in [0.4, 0.5) is 0 Å². The molecule has 0 aliphatic heterocycles. The smallest absolute Gasteiger partial charge is 0.419 e. The summed E-state index contributed by atoms with van der Waals surface area (Å²) in [5.41, 5.74) is 0.164. The molecule has 80 valence electrons. The second-order valence-corrected chi connectivity index (χ2v) is 2.66. The lowest BCUT2D eigenvalue weighted by Gasteiger charge is -1.98. The summed E-state index contributed by atoms with van der Waals surface area (Å²) in [5.74, 6) is 0.364. The van der Waals surface area contributed by atoms with Crippen molar-refractivity contribution in [2.24, 2.45) is 0 Å². The number of terminal acetylenes is 1. The predicted molar refractivity (Wildman–Crippen MR) is 49.1 cm³/mol. The molecule has 1 aromatic rings. The molecule has 1 rings (SSSR count). The van der Waals surface area contributed by atoms with Crippen LogP contribution in [0.5, 0.6) is 5.95 Å². The van der Waals surface area contributed by atoms with E-state index in [1.807, 2.05) is 0 Å². The molecule has 15 heavy (non-hydrogen) atoms. The third-order valence-electron chi connectivity index (χ3n) is 1.60. The number of esters is 1. The van der Waals surface area contributed by atoms with E-state index in [0.717, 1.165) is 0 Å². The number of rotatable bonds is 4. The summed E-state index contributed by atoms with van der Waals surface area (Å²) in [6.45, 7) is -0.0906. The van der Waals surface area contributed by atoms with Crippen LogP contribution in [-0.4, -0.2) is 22.7 Å². The lowest BCUT2D eigenvalue weighted by atomic mass is 10.2. The Morgan fingerprint density at radius 2 is 2.40 bits per heavy atom. The van der Waals surface area contributed by atoms with Crippen molar-refractivity contribution >= 4 is 5.97 Å². The van der Waals surface area contributed by atoms with Crippen LogP contribution in [-0.2, 0) is 16.0 Å². The zero-order valence-electron chi connectivity index (χ0n) is 7.78. The quantitative estimate of drug-likeness (QED) is 0.530. The topological polar surface area (TPSA) is 92.5 Å². The Labute approximate surface area is 84.9 Å². The minimum atomic E-state index is -0.764. The summed E-state index contributed by atoms with van der Waals surface area (Å²) < 4.78 is 8.87. The van der Waals surface area contributed by atoms with Gasteiger partial charge in [0, 0.05) is 6.42 Å². The minimum absolute atomic E-state index is 0.00468. The van der Waals surface area contributed by atoms with E-state index in [2.05, 4.69) is 20.1 Å². The van der Waals surface area contributed by atoms with Crippen LogP contribution in [0.1, 0.15) is 12.1 Å². The van der Waals surface area contributed by atoms with Crippen LogP contribution in [0.2, 0.25) is 0 Å². The average molecular weight is 211 g/mol. The number of ether oxygens (including phenoxy) is 1. The second-order valence-electron chi connectivity index (χ2n) is 2.66. The average Bonchev–Trinajstić information content (AvgIpc) is 2.51. The molecule has 6 heteroatoms. The molecule has 1 heterocycles. The van der Waals surface area contributed by atoms with Gasteiger partial charge < -0.3 is 14.3 Å². The highest BCUT2D eigenvalue weighted by Crippen LogP contribution is 2.12. The van der Waals surface area contributed by atoms with Crippen LogP contribution in [0, 0.1) is 12.3 Å². The Hall–Kier alpha value is -2.16. The van der Waals surface area contributed by atoms with Crippen LogP contribution in [0.3, 0.4) is 0 Å². The van der Waals surface area contributed by atoms with Crippen molar-refractivity contribution in [1.29, 1.82) is 0 Å². The summed E-state index contributed by atoms with van der Waals surface area (Å²) >= 11 is 0. The summed E-state index contributed by atoms with van der Waals surface area (Å²) in [7, 11) is 0. The number of aromatic nitrogens is 1. The normalized spacial score (nSPS) is 9.53. The number of aromatic hydroxyl groups is 1. The standard InChI is InChI=1S/C9H9NO5/c1-2-5-14-7(11)4-3-6-8(12)15-9(13)10-6/h1,12H,3-5H2,(H,10,13). The Kier molecular flexibility index (Phi) is 3.57. The molecule has 0 amide bonds. The van der Waals surface area contributed by atoms with E-state index in [4.69, 9.17) is 11.5 Å². The Morgan fingerprint density at radius 1 is 1.67 bits per heavy atom. The van der Waals surface area contributed by atoms with Gasteiger partial charge in [-0.1, -0.05) is 5.92 Å². The fourth-order valence-corrected chi connectivity index (χ4v) is 0.942. The van der Waals surface area contributed by atoms with Crippen LogP contribution in [0.15, 0.2) is 9.21 Å². The first kappa shape index (κ1) is 10.9. The maximum atomic E-state index is 11.0. The van der Waals surface area contributed by atoms with Gasteiger partial charge in [0.25, 0.3) is 0 Å². The molecule has 6 nitrogen and oxygen atoms in total. The van der Waals surface area contributed by atoms with Gasteiger partial charge in [-0.2, -0.15) is 0 Å². The number of oxazole rings is 1. The Bertz CT molecular complexity index is 436. The molecular formula is C9H9NO5. The molecule has 1 aromatic heterocycles. The number of nitrogens with one attached hydrogen (secondary N) is 1. The summed E-state index contributed by atoms with van der Waals surface area (Å²) in [6.07, 6.45) is 5.01. The van der Waals surface area contributed by atoms with Gasteiger partial charge >= 0.3 is 17.7 Å². The van der Waals surface area contributed by atoms with Crippen molar-refractivity contribution in [3.63, 3.8) is 0 Å². The summed E-state index contributed by atoms with van der Waals surface area (Å²) in [6, 6.07) is 0. The van der Waals surface area contributed by atoms with Crippen LogP contribution in [0.25, 0.3) is 0 Å². The molecule has 0 saturated heterocycles. The second kappa shape index (κ2) is 4.91.